The smallest absolute Gasteiger partial charge is 0.325 e. The van der Waals surface area contributed by atoms with Crippen molar-refractivity contribution in [3.05, 3.63) is 0 Å². The minimum absolute atomic E-state index is 0.429. The molecule has 0 aliphatic heterocycles. The summed E-state index contributed by atoms with van der Waals surface area (Å²) in [6, 6.07) is -0.590. The summed E-state index contributed by atoms with van der Waals surface area (Å²) in [5.41, 5.74) is 1.90. The molecule has 1 unspecified atom stereocenters. The zero-order valence-corrected chi connectivity index (χ0v) is 7.48. The van der Waals surface area contributed by atoms with Gasteiger partial charge in [0, 0.05) is 0 Å². The number of nitrogens with one attached hydrogen (secondary N) is 1. The molecule has 0 aromatic carbocycles. The Morgan fingerprint density at radius 2 is 2.45 bits per heavy atom. The van der Waals surface area contributed by atoms with Crippen LogP contribution >= 0.6 is 11.8 Å². The maximum atomic E-state index is 10.8. The molecule has 0 rings (SSSR count). The monoisotopic (exact) mass is 179 g/mol. The van der Waals surface area contributed by atoms with E-state index in [0.29, 0.717) is 6.42 Å². The van der Waals surface area contributed by atoms with E-state index in [1.165, 1.54) is 7.11 Å². The lowest BCUT2D eigenvalue weighted by atomic mass is 10.2. The molecule has 2 N–H and O–H groups in total. The normalized spacial score (nSPS) is 12.6. The molecule has 0 bridgehead atoms. The zero-order valence-electron chi connectivity index (χ0n) is 6.66. The fraction of sp³-hybridized carbons (Fsp3) is 0.833. The van der Waals surface area contributed by atoms with E-state index >= 15 is 0 Å². The highest BCUT2D eigenvalue weighted by Gasteiger charge is 2.16. The number of methoxy groups -OCH3 is 1. The zero-order chi connectivity index (χ0) is 8.69. The molecule has 11 heavy (non-hydrogen) atoms. The van der Waals surface area contributed by atoms with Crippen LogP contribution in [0.2, 0.25) is 0 Å². The summed E-state index contributed by atoms with van der Waals surface area (Å²) in [4.78, 5) is 10.8. The van der Waals surface area contributed by atoms with Crippen molar-refractivity contribution < 1.29 is 14.7 Å². The third kappa shape index (κ3) is 4.23. The van der Waals surface area contributed by atoms with Gasteiger partial charge in [-0.1, -0.05) is 0 Å². The summed E-state index contributed by atoms with van der Waals surface area (Å²) < 4.78 is 4.43. The maximum Gasteiger partial charge on any atom is 0.325 e. The van der Waals surface area contributed by atoms with Crippen LogP contribution in [0.3, 0.4) is 0 Å². The lowest BCUT2D eigenvalue weighted by molar-refractivity contribution is -0.146. The number of esters is 1. The van der Waals surface area contributed by atoms with E-state index in [4.69, 9.17) is 5.21 Å². The molecule has 0 aromatic rings. The first-order chi connectivity index (χ1) is 5.26. The van der Waals surface area contributed by atoms with Gasteiger partial charge in [0.05, 0.1) is 7.11 Å². The van der Waals surface area contributed by atoms with E-state index < -0.39 is 12.0 Å². The molecular weight excluding hydrogens is 166 g/mol. The van der Waals surface area contributed by atoms with Gasteiger partial charge in [-0.25, -0.2) is 0 Å². The molecule has 0 spiro atoms. The highest BCUT2D eigenvalue weighted by molar-refractivity contribution is 7.98. The van der Waals surface area contributed by atoms with Crippen LogP contribution in [0.1, 0.15) is 6.42 Å². The minimum atomic E-state index is -0.590. The first-order valence-corrected chi connectivity index (χ1v) is 4.62. The van der Waals surface area contributed by atoms with Crippen LogP contribution in [0.4, 0.5) is 0 Å². The molecule has 0 amide bonds. The number of hydrogen-bond acceptors (Lipinski definition) is 5. The van der Waals surface area contributed by atoms with Crippen LogP contribution in [0.25, 0.3) is 0 Å². The fourth-order valence-electron chi connectivity index (χ4n) is 0.613. The Balaban J connectivity index is 3.65. The third-order valence-electron chi connectivity index (χ3n) is 1.25. The molecule has 0 saturated heterocycles. The number of hydrogen-bond donors (Lipinski definition) is 2. The van der Waals surface area contributed by atoms with Crippen molar-refractivity contribution in [3.8, 4) is 0 Å². The number of ether oxygens (including phenoxy) is 1. The first-order valence-electron chi connectivity index (χ1n) is 3.22. The summed E-state index contributed by atoms with van der Waals surface area (Å²) in [5.74, 6) is 0.384. The Morgan fingerprint density at radius 3 is 2.82 bits per heavy atom. The molecule has 0 fully saturated rings. The standard InChI is InChI=1S/C6H13NO3S/c1-10-6(8)5(7-9)3-4-11-2/h5,7,9H,3-4H2,1-2H3. The highest BCUT2D eigenvalue weighted by atomic mass is 32.2. The largest absolute Gasteiger partial charge is 0.468 e. The van der Waals surface area contributed by atoms with Crippen molar-refractivity contribution in [2.45, 2.75) is 12.5 Å². The van der Waals surface area contributed by atoms with Crippen LogP contribution < -0.4 is 5.48 Å². The SMILES string of the molecule is COC(=O)C(CCSC)NO. The van der Waals surface area contributed by atoms with Gasteiger partial charge in [-0.3, -0.25) is 4.79 Å². The van der Waals surface area contributed by atoms with Crippen molar-refractivity contribution in [2.24, 2.45) is 0 Å². The van der Waals surface area contributed by atoms with E-state index in [9.17, 15) is 4.79 Å². The molecule has 0 aliphatic rings. The average molecular weight is 179 g/mol. The molecule has 66 valence electrons. The Bertz CT molecular complexity index is 120. The number of hydroxylamine groups is 1. The Hall–Kier alpha value is -0.260. The summed E-state index contributed by atoms with van der Waals surface area (Å²) in [7, 11) is 1.30. The van der Waals surface area contributed by atoms with Crippen molar-refractivity contribution in [1.29, 1.82) is 0 Å². The van der Waals surface area contributed by atoms with Gasteiger partial charge < -0.3 is 9.94 Å². The quantitative estimate of drug-likeness (QED) is 0.468. The third-order valence-corrected chi connectivity index (χ3v) is 1.90. The Labute approximate surface area is 70.3 Å². The number of carbonyl (C=O) groups excluding carboxylic acids is 1. The molecule has 0 heterocycles. The molecule has 0 saturated carbocycles. The first kappa shape index (κ1) is 10.7. The van der Waals surface area contributed by atoms with Crippen LogP contribution in [-0.4, -0.2) is 36.3 Å². The summed E-state index contributed by atoms with van der Waals surface area (Å²) in [5, 5.41) is 8.49. The van der Waals surface area contributed by atoms with Crippen LogP contribution in [0.5, 0.6) is 0 Å². The summed E-state index contributed by atoms with van der Waals surface area (Å²) in [6.45, 7) is 0. The molecule has 4 nitrogen and oxygen atoms in total. The highest BCUT2D eigenvalue weighted by Crippen LogP contribution is 2.01. The van der Waals surface area contributed by atoms with Gasteiger partial charge in [-0.05, 0) is 18.4 Å². The van der Waals surface area contributed by atoms with Crippen LogP contribution in [0.15, 0.2) is 0 Å². The van der Waals surface area contributed by atoms with Gasteiger partial charge in [0.1, 0.15) is 6.04 Å². The lowest BCUT2D eigenvalue weighted by Gasteiger charge is -2.10. The van der Waals surface area contributed by atoms with E-state index in [0.717, 1.165) is 5.75 Å². The molecule has 0 aliphatic carbocycles. The fourth-order valence-corrected chi connectivity index (χ4v) is 1.08. The topological polar surface area (TPSA) is 58.6 Å². The van der Waals surface area contributed by atoms with Crippen LogP contribution in [0, 0.1) is 0 Å². The van der Waals surface area contributed by atoms with Gasteiger partial charge in [0.25, 0.3) is 0 Å². The van der Waals surface area contributed by atoms with Crippen molar-refractivity contribution in [3.63, 3.8) is 0 Å². The van der Waals surface area contributed by atoms with E-state index in [2.05, 4.69) is 4.74 Å². The minimum Gasteiger partial charge on any atom is -0.468 e. The summed E-state index contributed by atoms with van der Waals surface area (Å²) >= 11 is 1.61. The molecule has 0 radical (unpaired) electrons. The van der Waals surface area contributed by atoms with Gasteiger partial charge in [-0.2, -0.15) is 17.2 Å². The van der Waals surface area contributed by atoms with Crippen molar-refractivity contribution in [2.75, 3.05) is 19.1 Å². The predicted octanol–water partition coefficient (Wildman–Crippen LogP) is 0.260. The van der Waals surface area contributed by atoms with E-state index in [1.54, 1.807) is 11.8 Å². The lowest BCUT2D eigenvalue weighted by Crippen LogP contribution is -2.35. The van der Waals surface area contributed by atoms with Crippen LogP contribution in [-0.2, 0) is 9.53 Å². The van der Waals surface area contributed by atoms with Gasteiger partial charge >= 0.3 is 5.97 Å². The second-order valence-corrected chi connectivity index (χ2v) is 2.97. The maximum absolute atomic E-state index is 10.8. The molecule has 0 aromatic heterocycles. The molecule has 1 atom stereocenters. The Morgan fingerprint density at radius 1 is 1.82 bits per heavy atom. The predicted molar refractivity (Wildman–Crippen MR) is 43.7 cm³/mol. The number of carbonyl (C=O) groups is 1. The Kier molecular flexibility index (Phi) is 6.30. The second kappa shape index (κ2) is 6.45. The molecule has 5 heteroatoms. The van der Waals surface area contributed by atoms with Crippen molar-refractivity contribution >= 4 is 17.7 Å². The number of thioether (sulfide) groups is 1. The molecular formula is C6H13NO3S. The van der Waals surface area contributed by atoms with E-state index in [1.807, 2.05) is 11.7 Å². The van der Waals surface area contributed by atoms with Crippen molar-refractivity contribution in [1.82, 2.24) is 5.48 Å². The number of rotatable bonds is 5. The van der Waals surface area contributed by atoms with Gasteiger partial charge in [0.15, 0.2) is 0 Å². The van der Waals surface area contributed by atoms with Gasteiger partial charge in [0.2, 0.25) is 0 Å². The van der Waals surface area contributed by atoms with E-state index in [-0.39, 0.29) is 0 Å². The second-order valence-electron chi connectivity index (χ2n) is 1.99. The average Bonchev–Trinajstić information content (AvgIpc) is 2.05. The van der Waals surface area contributed by atoms with Gasteiger partial charge in [-0.15, -0.1) is 0 Å². The summed E-state index contributed by atoms with van der Waals surface area (Å²) in [6.07, 6.45) is 2.51.